The number of nitriles is 1. The lowest BCUT2D eigenvalue weighted by molar-refractivity contribution is -0.212. The predicted molar refractivity (Wildman–Crippen MR) is 97.7 cm³/mol. The Morgan fingerprint density at radius 2 is 1.84 bits per heavy atom. The van der Waals surface area contributed by atoms with E-state index in [-0.39, 0.29) is 11.4 Å². The Bertz CT molecular complexity index is 1080. The van der Waals surface area contributed by atoms with Gasteiger partial charge in [-0.25, -0.2) is 4.39 Å². The lowest BCUT2D eigenvalue weighted by atomic mass is 10.1. The summed E-state index contributed by atoms with van der Waals surface area (Å²) in [5.74, 6) is -2.09. The van der Waals surface area contributed by atoms with Crippen LogP contribution in [0.2, 0.25) is 0 Å². The number of nitrogens with two attached hydrogens (primary N) is 1. The zero-order chi connectivity index (χ0) is 23.8. The second kappa shape index (κ2) is 8.19. The van der Waals surface area contributed by atoms with Crippen LogP contribution in [0.25, 0.3) is 0 Å². The van der Waals surface area contributed by atoms with Crippen molar-refractivity contribution in [3.63, 3.8) is 0 Å². The Kier molecular flexibility index (Phi) is 5.92. The number of benzene rings is 2. The van der Waals surface area contributed by atoms with Gasteiger partial charge in [-0.05, 0) is 36.4 Å². The topological polar surface area (TPSA) is 91.4 Å². The van der Waals surface area contributed by atoms with Crippen molar-refractivity contribution in [3.05, 3.63) is 53.3 Å². The predicted octanol–water partition coefficient (Wildman–Crippen LogP) is 4.03. The molecule has 0 spiro atoms. The highest BCUT2D eigenvalue weighted by atomic mass is 19.4. The molecule has 0 radical (unpaired) electrons. The van der Waals surface area contributed by atoms with E-state index >= 15 is 0 Å². The number of halogens is 7. The monoisotopic (exact) mass is 462 g/mol. The van der Waals surface area contributed by atoms with Crippen molar-refractivity contribution in [3.8, 4) is 6.07 Å². The first-order valence-corrected chi connectivity index (χ1v) is 8.77. The van der Waals surface area contributed by atoms with Gasteiger partial charge in [-0.3, -0.25) is 4.79 Å². The van der Waals surface area contributed by atoms with Crippen molar-refractivity contribution >= 4 is 23.0 Å². The third-order valence-corrected chi connectivity index (χ3v) is 4.52. The van der Waals surface area contributed by atoms with Gasteiger partial charge >= 0.3 is 12.4 Å². The van der Waals surface area contributed by atoms with Crippen molar-refractivity contribution in [1.29, 1.82) is 5.26 Å². The van der Waals surface area contributed by atoms with E-state index in [1.165, 1.54) is 12.1 Å². The number of carbonyl (C=O) groups excluding carboxylic acids is 1. The number of hydrogen-bond acceptors (Lipinski definition) is 5. The summed E-state index contributed by atoms with van der Waals surface area (Å²) < 4.78 is 98.8. The number of carbonyl (C=O) groups is 1. The van der Waals surface area contributed by atoms with Gasteiger partial charge in [-0.2, -0.15) is 31.6 Å². The molecule has 1 aliphatic rings. The molecule has 1 aliphatic heterocycles. The lowest BCUT2D eigenvalue weighted by Crippen LogP contribution is -2.42. The van der Waals surface area contributed by atoms with Crippen LogP contribution in [-0.2, 0) is 15.7 Å². The molecule has 1 amide bonds. The summed E-state index contributed by atoms with van der Waals surface area (Å²) in [5.41, 5.74) is 2.28. The molecule has 3 rings (SSSR count). The second-order valence-electron chi connectivity index (χ2n) is 6.74. The molecule has 1 heterocycles. The molecule has 2 atom stereocenters. The number of rotatable bonds is 3. The normalized spacial score (nSPS) is 19.0. The fourth-order valence-electron chi connectivity index (χ4n) is 3.07. The number of alkyl halides is 6. The van der Waals surface area contributed by atoms with E-state index in [1.54, 1.807) is 0 Å². The number of anilines is 3. The Morgan fingerprint density at radius 1 is 1.16 bits per heavy atom. The van der Waals surface area contributed by atoms with Gasteiger partial charge in [-0.1, -0.05) is 0 Å². The highest BCUT2D eigenvalue weighted by Crippen LogP contribution is 2.39. The average Bonchev–Trinajstić information content (AvgIpc) is 3.15. The van der Waals surface area contributed by atoms with Gasteiger partial charge in [0.15, 0.2) is 6.10 Å². The summed E-state index contributed by atoms with van der Waals surface area (Å²) in [4.78, 5) is 12.8. The summed E-state index contributed by atoms with van der Waals surface area (Å²) in [6, 6.07) is 6.52. The van der Waals surface area contributed by atoms with Crippen LogP contribution >= 0.6 is 0 Å². The molecule has 6 nitrogen and oxygen atoms in total. The molecular formula is C19H13F7N4O2. The summed E-state index contributed by atoms with van der Waals surface area (Å²) in [6.45, 7) is -0.782. The maximum atomic E-state index is 13.9. The first-order chi connectivity index (χ1) is 14.8. The molecular weight excluding hydrogens is 449 g/mol. The third-order valence-electron chi connectivity index (χ3n) is 4.52. The standard InChI is InChI=1S/C19H13F7N4O2/c20-13-5-10(28)2-4-14(13)29-16(31)15-8-30(17(32-15)19(24,25)26)11-3-1-9(7-27)12(6-11)18(21,22)23/h1-6,15,17H,8,28H2,(H,29,31). The maximum absolute atomic E-state index is 13.9. The van der Waals surface area contributed by atoms with E-state index in [1.807, 2.05) is 0 Å². The number of nitrogens with zero attached hydrogens (tertiary/aromatic N) is 2. The van der Waals surface area contributed by atoms with Crippen molar-refractivity contribution in [2.24, 2.45) is 0 Å². The van der Waals surface area contributed by atoms with Gasteiger partial charge in [0.25, 0.3) is 5.91 Å². The minimum absolute atomic E-state index is 0.0437. The number of nitrogen functional groups attached to an aromatic ring is 1. The molecule has 0 aliphatic carbocycles. The smallest absolute Gasteiger partial charge is 0.399 e. The van der Waals surface area contributed by atoms with Crippen LogP contribution in [0.3, 0.4) is 0 Å². The molecule has 32 heavy (non-hydrogen) atoms. The van der Waals surface area contributed by atoms with E-state index in [2.05, 4.69) is 5.32 Å². The number of hydrogen-bond donors (Lipinski definition) is 2. The molecule has 2 unspecified atom stereocenters. The van der Waals surface area contributed by atoms with Crippen molar-refractivity contribution in [2.45, 2.75) is 24.7 Å². The second-order valence-corrected chi connectivity index (χ2v) is 6.74. The molecule has 2 aromatic carbocycles. The first kappa shape index (κ1) is 23.1. The van der Waals surface area contributed by atoms with E-state index in [0.717, 1.165) is 24.3 Å². The van der Waals surface area contributed by atoms with Crippen LogP contribution in [0.4, 0.5) is 47.8 Å². The molecule has 1 saturated heterocycles. The number of nitrogens with one attached hydrogen (secondary N) is 1. The molecule has 0 bridgehead atoms. The maximum Gasteiger partial charge on any atom is 0.433 e. The van der Waals surface area contributed by atoms with Crippen molar-refractivity contribution in [2.75, 3.05) is 22.5 Å². The first-order valence-electron chi connectivity index (χ1n) is 8.77. The fourth-order valence-corrected chi connectivity index (χ4v) is 3.07. The van der Waals surface area contributed by atoms with Crippen molar-refractivity contribution < 1.29 is 40.3 Å². The van der Waals surface area contributed by atoms with E-state index < -0.39 is 59.8 Å². The largest absolute Gasteiger partial charge is 0.433 e. The van der Waals surface area contributed by atoms with Gasteiger partial charge in [-0.15, -0.1) is 0 Å². The zero-order valence-corrected chi connectivity index (χ0v) is 15.8. The Morgan fingerprint density at radius 3 is 2.41 bits per heavy atom. The van der Waals surface area contributed by atoms with Gasteiger partial charge in [0.2, 0.25) is 6.23 Å². The Balaban J connectivity index is 1.91. The molecule has 170 valence electrons. The third kappa shape index (κ3) is 4.70. The quantitative estimate of drug-likeness (QED) is 0.531. The lowest BCUT2D eigenvalue weighted by Gasteiger charge is -2.27. The van der Waals surface area contributed by atoms with Crippen LogP contribution < -0.4 is 16.0 Å². The molecule has 13 heteroatoms. The number of ether oxygens (including phenoxy) is 1. The highest BCUT2D eigenvalue weighted by Gasteiger charge is 2.52. The van der Waals surface area contributed by atoms with Crippen LogP contribution in [0.1, 0.15) is 11.1 Å². The highest BCUT2D eigenvalue weighted by molar-refractivity contribution is 5.95. The van der Waals surface area contributed by atoms with Gasteiger partial charge < -0.3 is 20.7 Å². The van der Waals surface area contributed by atoms with Gasteiger partial charge in [0, 0.05) is 11.4 Å². The molecule has 1 fully saturated rings. The van der Waals surface area contributed by atoms with Crippen LogP contribution in [0.15, 0.2) is 36.4 Å². The van der Waals surface area contributed by atoms with Crippen LogP contribution in [0, 0.1) is 17.1 Å². The van der Waals surface area contributed by atoms with E-state index in [0.29, 0.717) is 11.0 Å². The van der Waals surface area contributed by atoms with Crippen LogP contribution in [-0.4, -0.2) is 31.0 Å². The summed E-state index contributed by atoms with van der Waals surface area (Å²) in [5, 5.41) is 10.9. The van der Waals surface area contributed by atoms with Crippen LogP contribution in [0.5, 0.6) is 0 Å². The van der Waals surface area contributed by atoms with E-state index in [9.17, 15) is 35.5 Å². The molecule has 0 aromatic heterocycles. The van der Waals surface area contributed by atoms with Crippen molar-refractivity contribution in [1.82, 2.24) is 0 Å². The van der Waals surface area contributed by atoms with Gasteiger partial charge in [0.05, 0.1) is 29.4 Å². The molecule has 2 aromatic rings. The Labute approximate surface area is 176 Å². The summed E-state index contributed by atoms with van der Waals surface area (Å²) in [6.07, 6.45) is -14.6. The van der Waals surface area contributed by atoms with Gasteiger partial charge in [0.1, 0.15) is 5.82 Å². The SMILES string of the molecule is N#Cc1ccc(N2CC(C(=O)Nc3ccc(N)cc3F)OC2C(F)(F)F)cc1C(F)(F)F. The molecule has 3 N–H and O–H groups in total. The minimum Gasteiger partial charge on any atom is -0.399 e. The summed E-state index contributed by atoms with van der Waals surface area (Å²) in [7, 11) is 0. The fraction of sp³-hybridized carbons (Fsp3) is 0.263. The average molecular weight is 462 g/mol. The van der Waals surface area contributed by atoms with E-state index in [4.69, 9.17) is 15.7 Å². The summed E-state index contributed by atoms with van der Waals surface area (Å²) >= 11 is 0. The minimum atomic E-state index is -5.08. The number of amides is 1. The zero-order valence-electron chi connectivity index (χ0n) is 15.8. The molecule has 0 saturated carbocycles. The Hall–Kier alpha value is -3.53.